The van der Waals surface area contributed by atoms with Crippen LogP contribution in [0.3, 0.4) is 0 Å². The molecule has 0 bridgehead atoms. The molecule has 0 amide bonds. The van der Waals surface area contributed by atoms with Crippen molar-refractivity contribution in [3.63, 3.8) is 0 Å². The number of nitrogens with zero attached hydrogens (tertiary/aromatic N) is 2. The Bertz CT molecular complexity index is 1650. The van der Waals surface area contributed by atoms with E-state index in [9.17, 15) is 9.59 Å². The quantitative estimate of drug-likeness (QED) is 0.102. The number of rotatable bonds is 8. The van der Waals surface area contributed by atoms with E-state index in [0.717, 1.165) is 0 Å². The van der Waals surface area contributed by atoms with Crippen molar-refractivity contribution in [3.8, 4) is 11.5 Å². The zero-order chi connectivity index (χ0) is 29.3. The van der Waals surface area contributed by atoms with Crippen LogP contribution in [-0.2, 0) is 0 Å². The van der Waals surface area contributed by atoms with Gasteiger partial charge in [0, 0.05) is 33.6 Å². The first-order chi connectivity index (χ1) is 20.4. The van der Waals surface area contributed by atoms with Crippen LogP contribution >= 0.6 is 23.2 Å². The van der Waals surface area contributed by atoms with E-state index in [4.69, 9.17) is 32.7 Å². The second-order valence-electron chi connectivity index (χ2n) is 8.90. The maximum Gasteiger partial charge on any atom is 0.343 e. The van der Waals surface area contributed by atoms with Crippen LogP contribution < -0.4 is 9.47 Å². The molecule has 5 aromatic carbocycles. The van der Waals surface area contributed by atoms with Gasteiger partial charge < -0.3 is 9.47 Å². The molecule has 0 saturated carbocycles. The molecule has 206 valence electrons. The fourth-order valence-corrected chi connectivity index (χ4v) is 4.04. The van der Waals surface area contributed by atoms with Crippen molar-refractivity contribution in [2.75, 3.05) is 0 Å². The van der Waals surface area contributed by atoms with Crippen LogP contribution in [0.1, 0.15) is 31.8 Å². The molecular formula is C34H22Cl2N2O4. The van der Waals surface area contributed by atoms with E-state index in [2.05, 4.69) is 9.98 Å². The highest BCUT2D eigenvalue weighted by Gasteiger charge is 2.12. The fourth-order valence-electron chi connectivity index (χ4n) is 3.79. The van der Waals surface area contributed by atoms with Crippen molar-refractivity contribution in [2.45, 2.75) is 0 Å². The molecule has 0 unspecified atom stereocenters. The van der Waals surface area contributed by atoms with Crippen molar-refractivity contribution in [2.24, 2.45) is 9.98 Å². The number of esters is 2. The zero-order valence-corrected chi connectivity index (χ0v) is 23.5. The maximum absolute atomic E-state index is 12.6. The van der Waals surface area contributed by atoms with E-state index in [1.165, 1.54) is 0 Å². The minimum atomic E-state index is -0.497. The molecule has 0 fully saturated rings. The first-order valence-corrected chi connectivity index (χ1v) is 13.5. The average Bonchev–Trinajstić information content (AvgIpc) is 3.01. The van der Waals surface area contributed by atoms with Gasteiger partial charge in [0.1, 0.15) is 11.5 Å². The molecule has 0 heterocycles. The van der Waals surface area contributed by atoms with Gasteiger partial charge in [-0.15, -0.1) is 0 Å². The normalized spacial score (nSPS) is 11.1. The van der Waals surface area contributed by atoms with Crippen LogP contribution in [0, 0.1) is 0 Å². The summed E-state index contributed by atoms with van der Waals surface area (Å²) in [5.41, 5.74) is 3.32. The number of halogens is 2. The molecule has 0 radical (unpaired) electrons. The number of ether oxygens (including phenoxy) is 2. The molecule has 5 aromatic rings. The molecule has 0 N–H and O–H groups in total. The van der Waals surface area contributed by atoms with Gasteiger partial charge in [0.15, 0.2) is 0 Å². The summed E-state index contributed by atoms with van der Waals surface area (Å²) < 4.78 is 11.2. The van der Waals surface area contributed by atoms with Crippen LogP contribution in [-0.4, -0.2) is 24.4 Å². The minimum absolute atomic E-state index is 0.375. The molecule has 42 heavy (non-hydrogen) atoms. The van der Waals surface area contributed by atoms with E-state index < -0.39 is 11.9 Å². The van der Waals surface area contributed by atoms with E-state index in [0.29, 0.717) is 55.2 Å². The van der Waals surface area contributed by atoms with E-state index in [-0.39, 0.29) is 0 Å². The van der Waals surface area contributed by atoms with Crippen molar-refractivity contribution in [1.29, 1.82) is 0 Å². The third-order valence-corrected chi connectivity index (χ3v) is 6.44. The summed E-state index contributed by atoms with van der Waals surface area (Å²) >= 11 is 11.8. The topological polar surface area (TPSA) is 77.3 Å². The van der Waals surface area contributed by atoms with Crippen LogP contribution in [0.4, 0.5) is 11.4 Å². The Morgan fingerprint density at radius 3 is 1.36 bits per heavy atom. The van der Waals surface area contributed by atoms with Crippen LogP contribution in [0.25, 0.3) is 0 Å². The monoisotopic (exact) mass is 592 g/mol. The highest BCUT2D eigenvalue weighted by molar-refractivity contribution is 6.31. The standard InChI is InChI=1S/C34H22Cl2N2O4/c35-27-16-12-23(13-17-27)33(39)41-31-10-3-1-6-25(31)21-37-29-8-5-9-30(20-29)38-22-26-7-2-4-11-32(26)42-34(40)24-14-18-28(36)19-15-24/h1-22H. The largest absolute Gasteiger partial charge is 0.422 e. The van der Waals surface area contributed by atoms with Crippen LogP contribution in [0.2, 0.25) is 10.0 Å². The second-order valence-corrected chi connectivity index (χ2v) is 9.78. The molecule has 6 nitrogen and oxygen atoms in total. The Hall–Kier alpha value is -5.04. The van der Waals surface area contributed by atoms with Gasteiger partial charge in [0.25, 0.3) is 0 Å². The highest BCUT2D eigenvalue weighted by atomic mass is 35.5. The molecule has 0 atom stereocenters. The Morgan fingerprint density at radius 1 is 0.524 bits per heavy atom. The molecule has 5 rings (SSSR count). The van der Waals surface area contributed by atoms with Gasteiger partial charge in [-0.25, -0.2) is 9.59 Å². The van der Waals surface area contributed by atoms with Gasteiger partial charge in [-0.1, -0.05) is 53.5 Å². The van der Waals surface area contributed by atoms with Gasteiger partial charge in [0.2, 0.25) is 0 Å². The lowest BCUT2D eigenvalue weighted by molar-refractivity contribution is 0.0725. The molecule has 0 aromatic heterocycles. The smallest absolute Gasteiger partial charge is 0.343 e. The Balaban J connectivity index is 1.29. The average molecular weight is 593 g/mol. The van der Waals surface area contributed by atoms with Crippen LogP contribution in [0.5, 0.6) is 11.5 Å². The maximum atomic E-state index is 12.6. The molecule has 0 aliphatic heterocycles. The van der Waals surface area contributed by atoms with Crippen molar-refractivity contribution < 1.29 is 19.1 Å². The molecule has 8 heteroatoms. The SMILES string of the molecule is O=C(Oc1ccccc1C=Nc1cccc(N=Cc2ccccc2OC(=O)c2ccc(Cl)cc2)c1)c1ccc(Cl)cc1. The first-order valence-electron chi connectivity index (χ1n) is 12.8. The number of benzene rings is 5. The van der Waals surface area contributed by atoms with Gasteiger partial charge in [-0.3, -0.25) is 9.98 Å². The number of carbonyl (C=O) groups excluding carboxylic acids is 2. The summed E-state index contributed by atoms with van der Waals surface area (Å²) in [6.45, 7) is 0. The number of hydrogen-bond donors (Lipinski definition) is 0. The van der Waals surface area contributed by atoms with Gasteiger partial charge >= 0.3 is 11.9 Å². The lowest BCUT2D eigenvalue weighted by atomic mass is 10.2. The number of carbonyl (C=O) groups is 2. The minimum Gasteiger partial charge on any atom is -0.422 e. The van der Waals surface area contributed by atoms with Gasteiger partial charge in [0.05, 0.1) is 22.5 Å². The van der Waals surface area contributed by atoms with Gasteiger partial charge in [-0.05, 0) is 91.0 Å². The molecular weight excluding hydrogens is 571 g/mol. The summed E-state index contributed by atoms with van der Waals surface area (Å²) in [5.74, 6) is -0.244. The van der Waals surface area contributed by atoms with Crippen molar-refractivity contribution >= 4 is 58.9 Å². The third-order valence-electron chi connectivity index (χ3n) is 5.94. The first kappa shape index (κ1) is 28.5. The Morgan fingerprint density at radius 2 is 0.929 bits per heavy atom. The molecule has 0 spiro atoms. The predicted octanol–water partition coefficient (Wildman–Crippen LogP) is 8.93. The molecule has 0 aliphatic rings. The fraction of sp³-hybridized carbons (Fsp3) is 0. The van der Waals surface area contributed by atoms with Crippen molar-refractivity contribution in [1.82, 2.24) is 0 Å². The van der Waals surface area contributed by atoms with E-state index in [1.807, 2.05) is 30.3 Å². The lowest BCUT2D eigenvalue weighted by Gasteiger charge is -2.07. The third kappa shape index (κ3) is 7.57. The molecule has 0 saturated heterocycles. The van der Waals surface area contributed by atoms with E-state index in [1.54, 1.807) is 103 Å². The van der Waals surface area contributed by atoms with Crippen molar-refractivity contribution in [3.05, 3.63) is 154 Å². The number of hydrogen-bond acceptors (Lipinski definition) is 6. The summed E-state index contributed by atoms with van der Waals surface area (Å²) in [6.07, 6.45) is 3.25. The summed E-state index contributed by atoms with van der Waals surface area (Å²) in [6, 6.07) is 34.5. The molecule has 0 aliphatic carbocycles. The zero-order valence-electron chi connectivity index (χ0n) is 22.0. The highest BCUT2D eigenvalue weighted by Crippen LogP contribution is 2.24. The summed E-state index contributed by atoms with van der Waals surface area (Å²) in [4.78, 5) is 34.3. The van der Waals surface area contributed by atoms with Gasteiger partial charge in [-0.2, -0.15) is 0 Å². The lowest BCUT2D eigenvalue weighted by Crippen LogP contribution is -2.09. The van der Waals surface area contributed by atoms with E-state index >= 15 is 0 Å². The Kier molecular flexibility index (Phi) is 9.19. The number of aliphatic imine (C=N–C) groups is 2. The summed E-state index contributed by atoms with van der Waals surface area (Å²) in [7, 11) is 0. The summed E-state index contributed by atoms with van der Waals surface area (Å²) in [5, 5.41) is 1.07. The predicted molar refractivity (Wildman–Crippen MR) is 167 cm³/mol. The second kappa shape index (κ2) is 13.5. The number of para-hydroxylation sites is 2. The van der Waals surface area contributed by atoms with Crippen LogP contribution in [0.15, 0.2) is 131 Å². The Labute approximate surface area is 252 Å².